The second-order valence-corrected chi connectivity index (χ2v) is 3.25. The molecule has 0 rings (SSSR count). The Bertz CT molecular complexity index is 24.2. The fraction of sp³-hybridized carbons (Fsp3) is 1.00. The summed E-state index contributed by atoms with van der Waals surface area (Å²) in [6.45, 7) is 2.25. The van der Waals surface area contributed by atoms with E-state index in [4.69, 9.17) is 0 Å². The average Bonchev–Trinajstić information content (AvgIpc) is 1.61. The van der Waals surface area contributed by atoms with Crippen LogP contribution in [0, 0.1) is 0 Å². The largest absolute Gasteiger partial charge is 0.870 e. The molecular weight excluding hydrogens is 287 g/mol. The van der Waals surface area contributed by atoms with Gasteiger partial charge in [-0.2, -0.15) is 0 Å². The predicted molar refractivity (Wildman–Crippen MR) is 30.1 cm³/mol. The van der Waals surface area contributed by atoms with Crippen LogP contribution in [0.25, 0.3) is 0 Å². The molecule has 9 heavy (non-hydrogen) atoms. The standard InChI is InChI=1S/C5H11.Hf.3H2O/c1-3-5-4-2;;;;/h1,3-5H2,2H3;;3*1H2/q;+3;;;/p-3. The van der Waals surface area contributed by atoms with Crippen LogP contribution in [-0.2, 0) is 24.4 Å². The second kappa shape index (κ2) is 23.3. The van der Waals surface area contributed by atoms with Crippen LogP contribution in [0.5, 0.6) is 0 Å². The van der Waals surface area contributed by atoms with Gasteiger partial charge in [-0.15, -0.1) is 0 Å². The van der Waals surface area contributed by atoms with E-state index in [0.29, 0.717) is 0 Å². The topological polar surface area (TPSA) is 90.0 Å². The Balaban J connectivity index is -0.0000000417. The van der Waals surface area contributed by atoms with Crippen molar-refractivity contribution < 1.29 is 40.8 Å². The molecule has 0 aromatic heterocycles. The second-order valence-electron chi connectivity index (χ2n) is 1.46. The minimum atomic E-state index is 0. The third kappa shape index (κ3) is 28.3. The van der Waals surface area contributed by atoms with Gasteiger partial charge in [0.25, 0.3) is 0 Å². The van der Waals surface area contributed by atoms with Gasteiger partial charge >= 0.3 is 54.7 Å². The van der Waals surface area contributed by atoms with Crippen molar-refractivity contribution in [2.75, 3.05) is 0 Å². The predicted octanol–water partition coefficient (Wildman–Crippen LogP) is 1.61. The molecule has 0 unspecified atom stereocenters. The quantitative estimate of drug-likeness (QED) is 0.585. The molecule has 0 amide bonds. The number of rotatable bonds is 3. The Morgan fingerprint density at radius 3 is 1.56 bits per heavy atom. The van der Waals surface area contributed by atoms with Gasteiger partial charge in [0.1, 0.15) is 0 Å². The van der Waals surface area contributed by atoms with E-state index >= 15 is 0 Å². The van der Waals surface area contributed by atoms with Crippen molar-refractivity contribution in [3.05, 3.63) is 0 Å². The van der Waals surface area contributed by atoms with Crippen LogP contribution >= 0.6 is 0 Å². The summed E-state index contributed by atoms with van der Waals surface area (Å²) in [5.74, 6) is 0. The summed E-state index contributed by atoms with van der Waals surface area (Å²) in [7, 11) is 0. The molecule has 3 N–H and O–H groups in total. The molecule has 0 fully saturated rings. The first-order valence-electron chi connectivity index (χ1n) is 2.56. The van der Waals surface area contributed by atoms with Gasteiger partial charge in [-0.1, -0.05) is 0 Å². The third-order valence-corrected chi connectivity index (χ3v) is 2.05. The minimum Gasteiger partial charge on any atom is -0.870 e. The molecule has 0 aliphatic carbocycles. The summed E-state index contributed by atoms with van der Waals surface area (Å²) < 4.78 is 1.49. The zero-order chi connectivity index (χ0) is 4.83. The Morgan fingerprint density at radius 1 is 1.00 bits per heavy atom. The van der Waals surface area contributed by atoms with Crippen LogP contribution in [0.4, 0.5) is 0 Å². The first kappa shape index (κ1) is 22.6. The molecule has 0 saturated carbocycles. The molecule has 0 heterocycles. The van der Waals surface area contributed by atoms with E-state index in [0.717, 1.165) is 0 Å². The Hall–Kier alpha value is 0.750. The molecule has 0 aromatic rings. The van der Waals surface area contributed by atoms with E-state index < -0.39 is 0 Å². The van der Waals surface area contributed by atoms with Gasteiger partial charge in [0.05, 0.1) is 0 Å². The van der Waals surface area contributed by atoms with Gasteiger partial charge < -0.3 is 16.4 Å². The maximum Gasteiger partial charge on any atom is -0.870 e. The van der Waals surface area contributed by atoms with Crippen molar-refractivity contribution in [3.63, 3.8) is 0 Å². The molecule has 0 aliphatic rings. The van der Waals surface area contributed by atoms with Crippen molar-refractivity contribution in [2.24, 2.45) is 0 Å². The molecule has 0 spiro atoms. The summed E-state index contributed by atoms with van der Waals surface area (Å²) in [6, 6.07) is 0. The summed E-state index contributed by atoms with van der Waals surface area (Å²) in [4.78, 5) is 0. The van der Waals surface area contributed by atoms with E-state index in [2.05, 4.69) is 6.92 Å². The SMILES string of the molecule is CCCC[CH2][Hf+3].[OH-].[OH-].[OH-]. The van der Waals surface area contributed by atoms with Crippen molar-refractivity contribution in [2.45, 2.75) is 30.4 Å². The van der Waals surface area contributed by atoms with Gasteiger partial charge in [-0.05, 0) is 0 Å². The molecule has 56 valence electrons. The smallest absolute Gasteiger partial charge is 0.870 e. The van der Waals surface area contributed by atoms with Gasteiger partial charge in [-0.3, -0.25) is 0 Å². The zero-order valence-electron chi connectivity index (χ0n) is 5.67. The first-order valence-corrected chi connectivity index (χ1v) is 5.10. The van der Waals surface area contributed by atoms with Gasteiger partial charge in [-0.25, -0.2) is 0 Å². The average molecular weight is 301 g/mol. The van der Waals surface area contributed by atoms with Crippen LogP contribution in [0.2, 0.25) is 4.18 Å². The van der Waals surface area contributed by atoms with Gasteiger partial charge in [0, 0.05) is 0 Å². The number of hydrogen-bond donors (Lipinski definition) is 0. The van der Waals surface area contributed by atoms with Gasteiger partial charge in [0.2, 0.25) is 0 Å². The summed E-state index contributed by atoms with van der Waals surface area (Å²) >= 11 is 1.40. The van der Waals surface area contributed by atoms with E-state index in [-0.39, 0.29) is 16.4 Å². The van der Waals surface area contributed by atoms with Gasteiger partial charge in [0.15, 0.2) is 0 Å². The fourth-order valence-corrected chi connectivity index (χ4v) is 1.27. The molecule has 0 aromatic carbocycles. The van der Waals surface area contributed by atoms with Crippen LogP contribution in [-0.4, -0.2) is 16.4 Å². The minimum absolute atomic E-state index is 0. The van der Waals surface area contributed by atoms with Crippen molar-refractivity contribution >= 4 is 0 Å². The summed E-state index contributed by atoms with van der Waals surface area (Å²) in [6.07, 6.45) is 4.30. The van der Waals surface area contributed by atoms with E-state index in [1.807, 2.05) is 0 Å². The molecule has 0 aliphatic heterocycles. The van der Waals surface area contributed by atoms with Crippen LogP contribution in [0.15, 0.2) is 0 Å². The molecule has 4 heteroatoms. The Morgan fingerprint density at radius 2 is 1.44 bits per heavy atom. The molecule has 3 nitrogen and oxygen atoms in total. The zero-order valence-corrected chi connectivity index (χ0v) is 9.26. The molecular formula is C5H14HfO3. The monoisotopic (exact) mass is 302 g/mol. The number of unbranched alkanes of at least 4 members (excludes halogenated alkanes) is 2. The maximum atomic E-state index is 2.25. The van der Waals surface area contributed by atoms with Crippen molar-refractivity contribution in [1.82, 2.24) is 0 Å². The number of hydrogen-bond acceptors (Lipinski definition) is 3. The van der Waals surface area contributed by atoms with Crippen molar-refractivity contribution in [1.29, 1.82) is 0 Å². The van der Waals surface area contributed by atoms with Crippen molar-refractivity contribution in [3.8, 4) is 0 Å². The molecule has 0 radical (unpaired) electrons. The van der Waals surface area contributed by atoms with E-state index in [9.17, 15) is 0 Å². The first-order chi connectivity index (χ1) is 2.91. The maximum absolute atomic E-state index is 2.25. The molecule has 0 bridgehead atoms. The molecule has 0 saturated heterocycles. The Kier molecular flexibility index (Phi) is 58.4. The van der Waals surface area contributed by atoms with E-state index in [1.165, 1.54) is 47.8 Å². The Labute approximate surface area is 71.3 Å². The normalized spacial score (nSPS) is 6.11. The summed E-state index contributed by atoms with van der Waals surface area (Å²) in [5.41, 5.74) is 0. The summed E-state index contributed by atoms with van der Waals surface area (Å²) in [5, 5.41) is 0. The van der Waals surface area contributed by atoms with Crippen LogP contribution in [0.1, 0.15) is 26.2 Å². The van der Waals surface area contributed by atoms with Crippen LogP contribution < -0.4 is 0 Å². The van der Waals surface area contributed by atoms with Crippen LogP contribution in [0.3, 0.4) is 0 Å². The fourth-order valence-electron chi connectivity index (χ4n) is 0.375. The van der Waals surface area contributed by atoms with E-state index in [1.54, 1.807) is 0 Å². The third-order valence-electron chi connectivity index (χ3n) is 0.780. The molecule has 0 atom stereocenters.